The van der Waals surface area contributed by atoms with Gasteiger partial charge in [0.2, 0.25) is 0 Å². The third kappa shape index (κ3) is 1.48. The fourth-order valence-electron chi connectivity index (χ4n) is 1.25. The predicted octanol–water partition coefficient (Wildman–Crippen LogP) is 1.45. The summed E-state index contributed by atoms with van der Waals surface area (Å²) in [5.41, 5.74) is 0. The third-order valence-electron chi connectivity index (χ3n) is 1.81. The third-order valence-corrected chi connectivity index (χ3v) is 1.81. The van der Waals surface area contributed by atoms with Gasteiger partial charge in [0.05, 0.1) is 7.05 Å². The van der Waals surface area contributed by atoms with Gasteiger partial charge in [-0.2, -0.15) is 0 Å². The maximum atomic E-state index is 6.85. The normalized spacial score (nSPS) is 23.6. The molecule has 0 aliphatic heterocycles. The summed E-state index contributed by atoms with van der Waals surface area (Å²) >= 11 is 0. The molecule has 0 aromatic heterocycles. The van der Waals surface area contributed by atoms with Crippen molar-refractivity contribution in [2.75, 3.05) is 0 Å². The van der Waals surface area contributed by atoms with Gasteiger partial charge < -0.3 is 5.32 Å². The fraction of sp³-hybridized carbons (Fsp3) is 0.857. The highest BCUT2D eigenvalue weighted by molar-refractivity contribution is 4.70. The number of rotatable bonds is 1. The Labute approximate surface area is 51.5 Å². The number of hydrogen-bond acceptors (Lipinski definition) is 1. The molecule has 8 heavy (non-hydrogen) atoms. The second kappa shape index (κ2) is 3.08. The first-order valence-electron chi connectivity index (χ1n) is 3.36. The number of nitrogens with one attached hydrogen (secondary N) is 1. The molecule has 1 rings (SSSR count). The van der Waals surface area contributed by atoms with Gasteiger partial charge in [-0.25, -0.2) is 0 Å². The van der Waals surface area contributed by atoms with Crippen LogP contribution in [0, 0.1) is 7.05 Å². The molecule has 1 fully saturated rings. The van der Waals surface area contributed by atoms with E-state index >= 15 is 0 Å². The first kappa shape index (κ1) is 6.09. The molecule has 1 heteroatoms. The van der Waals surface area contributed by atoms with Crippen molar-refractivity contribution >= 4 is 0 Å². The van der Waals surface area contributed by atoms with E-state index in [2.05, 4.69) is 5.32 Å². The molecule has 1 nitrogen and oxygen atoms in total. The van der Waals surface area contributed by atoms with E-state index in [9.17, 15) is 0 Å². The molecule has 0 aromatic rings. The van der Waals surface area contributed by atoms with Crippen LogP contribution in [0.4, 0.5) is 0 Å². The SMILES string of the molecule is [C]NC1CCCCC1. The second-order valence-electron chi connectivity index (χ2n) is 2.48. The maximum Gasteiger partial charge on any atom is 0.0853 e. The number of hydrogen-bond donors (Lipinski definition) is 1. The molecule has 0 unspecified atom stereocenters. The summed E-state index contributed by atoms with van der Waals surface area (Å²) in [4.78, 5) is 0. The van der Waals surface area contributed by atoms with Gasteiger partial charge in [0, 0.05) is 6.04 Å². The van der Waals surface area contributed by atoms with E-state index in [1.54, 1.807) is 0 Å². The van der Waals surface area contributed by atoms with Crippen molar-refractivity contribution in [3.63, 3.8) is 0 Å². The van der Waals surface area contributed by atoms with E-state index < -0.39 is 0 Å². The lowest BCUT2D eigenvalue weighted by Crippen LogP contribution is -2.25. The molecular formula is C7H12N. The van der Waals surface area contributed by atoms with Gasteiger partial charge in [0.15, 0.2) is 0 Å². The summed E-state index contributed by atoms with van der Waals surface area (Å²) in [7, 11) is 6.85. The van der Waals surface area contributed by atoms with Crippen LogP contribution in [0.3, 0.4) is 0 Å². The molecule has 3 radical (unpaired) electrons. The fourth-order valence-corrected chi connectivity index (χ4v) is 1.25. The standard InChI is InChI=1S/C7H12N/c1-8-7-5-3-2-4-6-7/h7-8H,2-6H2. The molecule has 0 atom stereocenters. The summed E-state index contributed by atoms with van der Waals surface area (Å²) in [6.07, 6.45) is 6.43. The van der Waals surface area contributed by atoms with Crippen molar-refractivity contribution < 1.29 is 0 Å². The van der Waals surface area contributed by atoms with Crippen molar-refractivity contribution in [2.45, 2.75) is 38.1 Å². The quantitative estimate of drug-likeness (QED) is 0.538. The van der Waals surface area contributed by atoms with Crippen LogP contribution >= 0.6 is 0 Å². The monoisotopic (exact) mass is 110 g/mol. The van der Waals surface area contributed by atoms with Crippen LogP contribution in [0.25, 0.3) is 0 Å². The highest BCUT2D eigenvalue weighted by atomic mass is 14.9. The maximum absolute atomic E-state index is 6.85. The van der Waals surface area contributed by atoms with Crippen LogP contribution < -0.4 is 5.32 Å². The zero-order chi connectivity index (χ0) is 5.82. The lowest BCUT2D eigenvalue weighted by atomic mass is 9.96. The van der Waals surface area contributed by atoms with Crippen molar-refractivity contribution in [2.24, 2.45) is 0 Å². The lowest BCUT2D eigenvalue weighted by molar-refractivity contribution is 0.403. The Bertz CT molecular complexity index is 55.4. The van der Waals surface area contributed by atoms with Crippen LogP contribution in [0.15, 0.2) is 0 Å². The summed E-state index contributed by atoms with van der Waals surface area (Å²) < 4.78 is 0. The molecule has 0 spiro atoms. The summed E-state index contributed by atoms with van der Waals surface area (Å²) in [6.45, 7) is 0. The topological polar surface area (TPSA) is 12.0 Å². The van der Waals surface area contributed by atoms with E-state index in [1.807, 2.05) is 0 Å². The van der Waals surface area contributed by atoms with E-state index in [4.69, 9.17) is 7.05 Å². The Morgan fingerprint density at radius 1 is 1.12 bits per heavy atom. The summed E-state index contributed by atoms with van der Waals surface area (Å²) in [6, 6.07) is 0.503. The molecule has 1 aliphatic carbocycles. The summed E-state index contributed by atoms with van der Waals surface area (Å²) in [5, 5.41) is 2.55. The van der Waals surface area contributed by atoms with E-state index in [0.29, 0.717) is 6.04 Å². The van der Waals surface area contributed by atoms with Crippen molar-refractivity contribution in [3.8, 4) is 0 Å². The molecule has 0 heterocycles. The Morgan fingerprint density at radius 3 is 2.12 bits per heavy atom. The molecule has 0 bridgehead atoms. The molecular weight excluding hydrogens is 98.1 g/mol. The van der Waals surface area contributed by atoms with E-state index in [-0.39, 0.29) is 0 Å². The van der Waals surface area contributed by atoms with Gasteiger partial charge in [0.1, 0.15) is 0 Å². The average molecular weight is 110 g/mol. The van der Waals surface area contributed by atoms with Gasteiger partial charge >= 0.3 is 0 Å². The second-order valence-corrected chi connectivity index (χ2v) is 2.48. The molecule has 45 valence electrons. The molecule has 0 amide bonds. The predicted molar refractivity (Wildman–Crippen MR) is 33.3 cm³/mol. The zero-order valence-corrected chi connectivity index (χ0v) is 5.11. The van der Waals surface area contributed by atoms with Gasteiger partial charge in [0.25, 0.3) is 0 Å². The van der Waals surface area contributed by atoms with Crippen LogP contribution in [0.2, 0.25) is 0 Å². The van der Waals surface area contributed by atoms with Gasteiger partial charge in [-0.1, -0.05) is 19.3 Å². The van der Waals surface area contributed by atoms with Crippen LogP contribution in [-0.2, 0) is 0 Å². The zero-order valence-electron chi connectivity index (χ0n) is 5.11. The molecule has 1 aliphatic rings. The van der Waals surface area contributed by atoms with Crippen LogP contribution in [0.1, 0.15) is 32.1 Å². The Balaban J connectivity index is 2.13. The highest BCUT2D eigenvalue weighted by Gasteiger charge is 2.09. The Morgan fingerprint density at radius 2 is 1.75 bits per heavy atom. The van der Waals surface area contributed by atoms with Gasteiger partial charge in [-0.15, -0.1) is 0 Å². The van der Waals surface area contributed by atoms with Crippen LogP contribution in [-0.4, -0.2) is 6.04 Å². The van der Waals surface area contributed by atoms with Gasteiger partial charge in [-0.3, -0.25) is 0 Å². The first-order valence-corrected chi connectivity index (χ1v) is 3.36. The van der Waals surface area contributed by atoms with Crippen molar-refractivity contribution in [1.82, 2.24) is 5.32 Å². The average Bonchev–Trinajstić information content (AvgIpc) is 1.90. The first-order chi connectivity index (χ1) is 3.93. The smallest absolute Gasteiger partial charge is 0.0853 e. The van der Waals surface area contributed by atoms with Crippen LogP contribution in [0.5, 0.6) is 0 Å². The molecule has 0 aromatic carbocycles. The Kier molecular flexibility index (Phi) is 2.34. The minimum Gasteiger partial charge on any atom is -0.303 e. The largest absolute Gasteiger partial charge is 0.303 e. The molecule has 1 N–H and O–H groups in total. The Hall–Kier alpha value is -0.0400. The van der Waals surface area contributed by atoms with E-state index in [0.717, 1.165) is 0 Å². The highest BCUT2D eigenvalue weighted by Crippen LogP contribution is 2.16. The van der Waals surface area contributed by atoms with E-state index in [1.165, 1.54) is 32.1 Å². The van der Waals surface area contributed by atoms with Crippen molar-refractivity contribution in [1.29, 1.82) is 0 Å². The van der Waals surface area contributed by atoms with Crippen molar-refractivity contribution in [3.05, 3.63) is 7.05 Å². The minimum atomic E-state index is 0.503. The molecule has 0 saturated heterocycles. The minimum absolute atomic E-state index is 0.503. The molecule has 1 saturated carbocycles. The van der Waals surface area contributed by atoms with Gasteiger partial charge in [-0.05, 0) is 12.8 Å². The lowest BCUT2D eigenvalue weighted by Gasteiger charge is -2.19. The summed E-state index contributed by atoms with van der Waals surface area (Å²) in [5.74, 6) is 0.